The number of nitrogens with one attached hydrogen (secondary N) is 1. The van der Waals surface area contributed by atoms with Gasteiger partial charge in [-0.25, -0.2) is 9.78 Å². The van der Waals surface area contributed by atoms with Gasteiger partial charge >= 0.3 is 6.09 Å². The minimum atomic E-state index is -0.505. The van der Waals surface area contributed by atoms with Gasteiger partial charge in [-0.1, -0.05) is 58.4 Å². The SMILES string of the molecule is Cc1sc(NC(=O)OCc2ccccc2)nc1-c1ccc(Br)cc1. The number of anilines is 1. The zero-order valence-electron chi connectivity index (χ0n) is 13.0. The summed E-state index contributed by atoms with van der Waals surface area (Å²) < 4.78 is 6.23. The van der Waals surface area contributed by atoms with Crippen molar-refractivity contribution in [1.82, 2.24) is 4.98 Å². The Hall–Kier alpha value is -2.18. The summed E-state index contributed by atoms with van der Waals surface area (Å²) in [5.41, 5.74) is 2.82. The van der Waals surface area contributed by atoms with Crippen molar-refractivity contribution in [2.24, 2.45) is 0 Å². The molecule has 3 rings (SSSR count). The van der Waals surface area contributed by atoms with E-state index in [2.05, 4.69) is 26.2 Å². The van der Waals surface area contributed by atoms with Crippen LogP contribution in [0.5, 0.6) is 0 Å². The summed E-state index contributed by atoms with van der Waals surface area (Å²) in [6, 6.07) is 17.5. The van der Waals surface area contributed by atoms with Gasteiger partial charge in [-0.2, -0.15) is 0 Å². The van der Waals surface area contributed by atoms with Crippen molar-refractivity contribution in [3.05, 3.63) is 69.5 Å². The molecule has 2 aromatic carbocycles. The van der Waals surface area contributed by atoms with E-state index in [1.54, 1.807) is 0 Å². The number of amides is 1. The summed E-state index contributed by atoms with van der Waals surface area (Å²) in [6.45, 7) is 2.21. The number of ether oxygens (including phenoxy) is 1. The lowest BCUT2D eigenvalue weighted by Gasteiger charge is -2.04. The molecule has 0 unspecified atom stereocenters. The number of carbonyl (C=O) groups excluding carboxylic acids is 1. The third-order valence-electron chi connectivity index (χ3n) is 3.34. The maximum Gasteiger partial charge on any atom is 0.413 e. The van der Waals surface area contributed by atoms with Crippen LogP contribution in [0.4, 0.5) is 9.93 Å². The molecule has 0 radical (unpaired) electrons. The Kier molecular flexibility index (Phi) is 5.27. The van der Waals surface area contributed by atoms with Gasteiger partial charge in [0.15, 0.2) is 5.13 Å². The standard InChI is InChI=1S/C18H15BrN2O2S/c1-12-16(14-7-9-15(19)10-8-14)20-17(24-12)21-18(22)23-11-13-5-3-2-4-6-13/h2-10H,11H2,1H3,(H,20,21,22). The molecular weight excluding hydrogens is 388 g/mol. The maximum absolute atomic E-state index is 11.9. The molecule has 0 saturated heterocycles. The average molecular weight is 403 g/mol. The van der Waals surface area contributed by atoms with Crippen molar-refractivity contribution in [3.8, 4) is 11.3 Å². The molecule has 0 spiro atoms. The van der Waals surface area contributed by atoms with Gasteiger partial charge in [-0.3, -0.25) is 5.32 Å². The summed E-state index contributed by atoms with van der Waals surface area (Å²) in [5.74, 6) is 0. The third-order valence-corrected chi connectivity index (χ3v) is 4.75. The zero-order valence-corrected chi connectivity index (χ0v) is 15.4. The minimum absolute atomic E-state index is 0.233. The van der Waals surface area contributed by atoms with Crippen LogP contribution in [0.1, 0.15) is 10.4 Å². The van der Waals surface area contributed by atoms with Crippen molar-refractivity contribution < 1.29 is 9.53 Å². The summed E-state index contributed by atoms with van der Waals surface area (Å²) >= 11 is 4.85. The second-order valence-electron chi connectivity index (χ2n) is 5.12. The van der Waals surface area contributed by atoms with Crippen LogP contribution in [0, 0.1) is 6.92 Å². The Morgan fingerprint density at radius 1 is 1.17 bits per heavy atom. The monoisotopic (exact) mass is 402 g/mol. The molecule has 0 fully saturated rings. The van der Waals surface area contributed by atoms with Crippen LogP contribution in [0.15, 0.2) is 59.1 Å². The van der Waals surface area contributed by atoms with Crippen LogP contribution < -0.4 is 5.32 Å². The van der Waals surface area contributed by atoms with E-state index in [9.17, 15) is 4.79 Å². The highest BCUT2D eigenvalue weighted by atomic mass is 79.9. The lowest BCUT2D eigenvalue weighted by atomic mass is 10.1. The first kappa shape index (κ1) is 16.7. The Morgan fingerprint density at radius 2 is 1.88 bits per heavy atom. The highest BCUT2D eigenvalue weighted by Gasteiger charge is 2.12. The fourth-order valence-corrected chi connectivity index (χ4v) is 3.26. The lowest BCUT2D eigenvalue weighted by molar-refractivity contribution is 0.155. The highest BCUT2D eigenvalue weighted by Crippen LogP contribution is 2.31. The molecule has 0 bridgehead atoms. The van der Waals surface area contributed by atoms with Crippen molar-refractivity contribution in [2.75, 3.05) is 5.32 Å². The fourth-order valence-electron chi connectivity index (χ4n) is 2.17. The first-order valence-electron chi connectivity index (χ1n) is 7.33. The Labute approximate surface area is 152 Å². The number of rotatable bonds is 4. The molecule has 0 saturated carbocycles. The fraction of sp³-hybridized carbons (Fsp3) is 0.111. The number of thiazole rings is 1. The van der Waals surface area contributed by atoms with E-state index in [-0.39, 0.29) is 6.61 Å². The van der Waals surface area contributed by atoms with Gasteiger partial charge in [-0.15, -0.1) is 11.3 Å². The number of hydrogen-bond acceptors (Lipinski definition) is 4. The summed E-state index contributed by atoms with van der Waals surface area (Å²) in [5, 5.41) is 3.22. The van der Waals surface area contributed by atoms with Gasteiger partial charge < -0.3 is 4.74 Å². The van der Waals surface area contributed by atoms with E-state index in [4.69, 9.17) is 4.74 Å². The van der Waals surface area contributed by atoms with E-state index >= 15 is 0 Å². The van der Waals surface area contributed by atoms with Crippen molar-refractivity contribution in [1.29, 1.82) is 0 Å². The number of nitrogens with zero attached hydrogens (tertiary/aromatic N) is 1. The predicted molar refractivity (Wildman–Crippen MR) is 100 cm³/mol. The molecule has 0 aliphatic heterocycles. The molecule has 6 heteroatoms. The van der Waals surface area contributed by atoms with Crippen LogP contribution >= 0.6 is 27.3 Å². The van der Waals surface area contributed by atoms with Crippen LogP contribution in [-0.2, 0) is 11.3 Å². The van der Waals surface area contributed by atoms with E-state index in [0.29, 0.717) is 5.13 Å². The van der Waals surface area contributed by atoms with Crippen molar-refractivity contribution in [3.63, 3.8) is 0 Å². The number of aryl methyl sites for hydroxylation is 1. The number of carbonyl (C=O) groups is 1. The highest BCUT2D eigenvalue weighted by molar-refractivity contribution is 9.10. The minimum Gasteiger partial charge on any atom is -0.444 e. The van der Waals surface area contributed by atoms with Gasteiger partial charge in [0, 0.05) is 14.9 Å². The second-order valence-corrected chi connectivity index (χ2v) is 7.24. The first-order valence-corrected chi connectivity index (χ1v) is 8.94. The summed E-state index contributed by atoms with van der Waals surface area (Å²) in [6.07, 6.45) is -0.505. The van der Waals surface area contributed by atoms with Crippen molar-refractivity contribution in [2.45, 2.75) is 13.5 Å². The van der Waals surface area contributed by atoms with Crippen LogP contribution in [-0.4, -0.2) is 11.1 Å². The molecule has 0 aliphatic carbocycles. The van der Waals surface area contributed by atoms with Gasteiger partial charge in [0.1, 0.15) is 6.61 Å². The lowest BCUT2D eigenvalue weighted by Crippen LogP contribution is -2.13. The zero-order chi connectivity index (χ0) is 16.9. The van der Waals surface area contributed by atoms with Gasteiger partial charge in [0.25, 0.3) is 0 Å². The first-order chi connectivity index (χ1) is 11.6. The average Bonchev–Trinajstić information content (AvgIpc) is 2.95. The predicted octanol–water partition coefficient (Wildman–Crippen LogP) is 5.63. The molecule has 1 aromatic heterocycles. The molecule has 1 N–H and O–H groups in total. The maximum atomic E-state index is 11.9. The Bertz CT molecular complexity index is 832. The number of benzene rings is 2. The number of aromatic nitrogens is 1. The van der Waals surface area contributed by atoms with E-state index < -0.39 is 6.09 Å². The molecule has 1 heterocycles. The molecule has 122 valence electrons. The number of halogens is 1. The van der Waals surface area contributed by atoms with E-state index in [1.807, 2.05) is 61.5 Å². The van der Waals surface area contributed by atoms with Crippen LogP contribution in [0.2, 0.25) is 0 Å². The van der Waals surface area contributed by atoms with Crippen LogP contribution in [0.3, 0.4) is 0 Å². The van der Waals surface area contributed by atoms with Crippen molar-refractivity contribution >= 4 is 38.5 Å². The second kappa shape index (κ2) is 7.59. The largest absolute Gasteiger partial charge is 0.444 e. The third kappa shape index (κ3) is 4.21. The topological polar surface area (TPSA) is 51.2 Å². The number of hydrogen-bond donors (Lipinski definition) is 1. The molecular formula is C18H15BrN2O2S. The van der Waals surface area contributed by atoms with Gasteiger partial charge in [0.2, 0.25) is 0 Å². The Morgan fingerprint density at radius 3 is 2.58 bits per heavy atom. The summed E-state index contributed by atoms with van der Waals surface area (Å²) in [7, 11) is 0. The molecule has 24 heavy (non-hydrogen) atoms. The van der Waals surface area contributed by atoms with E-state index in [0.717, 1.165) is 26.2 Å². The molecule has 0 atom stereocenters. The smallest absolute Gasteiger partial charge is 0.413 e. The van der Waals surface area contributed by atoms with Gasteiger partial charge in [0.05, 0.1) is 5.69 Å². The Balaban J connectivity index is 1.64. The normalized spacial score (nSPS) is 10.4. The molecule has 1 amide bonds. The summed E-state index contributed by atoms with van der Waals surface area (Å²) in [4.78, 5) is 17.4. The molecule has 0 aliphatic rings. The quantitative estimate of drug-likeness (QED) is 0.614. The molecule has 3 aromatic rings. The van der Waals surface area contributed by atoms with Gasteiger partial charge in [-0.05, 0) is 24.6 Å². The van der Waals surface area contributed by atoms with Crippen LogP contribution in [0.25, 0.3) is 11.3 Å². The van der Waals surface area contributed by atoms with E-state index in [1.165, 1.54) is 11.3 Å². The molecule has 4 nitrogen and oxygen atoms in total.